The van der Waals surface area contributed by atoms with E-state index in [2.05, 4.69) is 5.92 Å². The summed E-state index contributed by atoms with van der Waals surface area (Å²) in [4.78, 5) is 10.4. The van der Waals surface area contributed by atoms with Crippen LogP contribution in [0.4, 0.5) is 5.69 Å². The lowest BCUT2D eigenvalue weighted by atomic mass is 10.1. The molecule has 25 heavy (non-hydrogen) atoms. The van der Waals surface area contributed by atoms with Crippen molar-refractivity contribution in [3.8, 4) is 12.3 Å². The van der Waals surface area contributed by atoms with Crippen LogP contribution in [0.15, 0.2) is 24.3 Å². The average Bonchev–Trinajstić information content (AvgIpc) is 3.01. The normalized spacial score (nSPS) is 17.8. The Morgan fingerprint density at radius 3 is 2.48 bits per heavy atom. The zero-order valence-corrected chi connectivity index (χ0v) is 15.0. The number of nitro benzene ring substituents is 1. The van der Waals surface area contributed by atoms with Crippen molar-refractivity contribution in [3.63, 3.8) is 0 Å². The van der Waals surface area contributed by atoms with Gasteiger partial charge in [-0.05, 0) is 26.0 Å². The minimum atomic E-state index is -0.685. The van der Waals surface area contributed by atoms with Crippen LogP contribution in [0.2, 0.25) is 0 Å². The van der Waals surface area contributed by atoms with E-state index in [-0.39, 0.29) is 12.3 Å². The molecule has 0 spiro atoms. The SMILES string of the molecule is C#CC(C)(C)OC[C@H](O)C[N+]1(Cc2ccc([N+](=O)[O-])cc2)CCCC1. The number of benzene rings is 1. The highest BCUT2D eigenvalue weighted by atomic mass is 16.6. The molecule has 1 aromatic carbocycles. The molecule has 6 nitrogen and oxygen atoms in total. The summed E-state index contributed by atoms with van der Waals surface area (Å²) in [6.07, 6.45) is 7.06. The van der Waals surface area contributed by atoms with E-state index in [4.69, 9.17) is 11.2 Å². The highest BCUT2D eigenvalue weighted by Gasteiger charge is 2.35. The fourth-order valence-electron chi connectivity index (χ4n) is 3.37. The molecule has 0 amide bonds. The summed E-state index contributed by atoms with van der Waals surface area (Å²) in [6.45, 7) is 7.15. The number of ether oxygens (including phenoxy) is 1. The van der Waals surface area contributed by atoms with Crippen LogP contribution in [0.3, 0.4) is 0 Å². The van der Waals surface area contributed by atoms with Crippen molar-refractivity contribution >= 4 is 5.69 Å². The molecule has 0 bridgehead atoms. The number of hydrogen-bond donors (Lipinski definition) is 1. The lowest BCUT2D eigenvalue weighted by molar-refractivity contribution is -0.932. The first kappa shape index (κ1) is 19.4. The molecule has 1 aliphatic rings. The third-order valence-corrected chi connectivity index (χ3v) is 4.76. The Balaban J connectivity index is 2.00. The zero-order valence-electron chi connectivity index (χ0n) is 15.0. The summed E-state index contributed by atoms with van der Waals surface area (Å²) in [5.74, 6) is 2.56. The Labute approximate surface area is 149 Å². The standard InChI is InChI=1S/C19H27N2O4/c1-4-19(2,3)25-15-18(22)14-21(11-5-6-12-21)13-16-7-9-17(10-8-16)20(23)24/h1,7-10,18,22H,5-6,11-15H2,2-3H3/q+1/t18-/m1/s1. The molecule has 0 aliphatic carbocycles. The molecule has 1 fully saturated rings. The summed E-state index contributed by atoms with van der Waals surface area (Å²) < 4.78 is 6.39. The third-order valence-electron chi connectivity index (χ3n) is 4.76. The highest BCUT2D eigenvalue weighted by Crippen LogP contribution is 2.25. The van der Waals surface area contributed by atoms with Crippen LogP contribution < -0.4 is 0 Å². The number of aliphatic hydroxyl groups excluding tert-OH is 1. The molecule has 1 heterocycles. The largest absolute Gasteiger partial charge is 0.385 e. The van der Waals surface area contributed by atoms with E-state index >= 15 is 0 Å². The van der Waals surface area contributed by atoms with Crippen LogP contribution in [-0.2, 0) is 11.3 Å². The maximum absolute atomic E-state index is 10.8. The molecule has 136 valence electrons. The van der Waals surface area contributed by atoms with Crippen molar-refractivity contribution in [1.82, 2.24) is 0 Å². The number of nitro groups is 1. The number of likely N-dealkylation sites (tertiary alicyclic amines) is 1. The van der Waals surface area contributed by atoms with E-state index < -0.39 is 16.6 Å². The fourth-order valence-corrected chi connectivity index (χ4v) is 3.37. The van der Waals surface area contributed by atoms with Gasteiger partial charge in [0.2, 0.25) is 0 Å². The Morgan fingerprint density at radius 1 is 1.36 bits per heavy atom. The van der Waals surface area contributed by atoms with E-state index in [1.54, 1.807) is 26.0 Å². The minimum Gasteiger partial charge on any atom is -0.385 e. The predicted molar refractivity (Wildman–Crippen MR) is 95.8 cm³/mol. The second-order valence-corrected chi connectivity index (χ2v) is 7.38. The molecule has 1 N–H and O–H groups in total. The van der Waals surface area contributed by atoms with Crippen molar-refractivity contribution in [2.45, 2.75) is 44.9 Å². The molecule has 0 aromatic heterocycles. The van der Waals surface area contributed by atoms with Crippen molar-refractivity contribution in [2.24, 2.45) is 0 Å². The Kier molecular flexibility index (Phi) is 6.17. The van der Waals surface area contributed by atoms with Gasteiger partial charge in [0.05, 0.1) is 24.6 Å². The summed E-state index contributed by atoms with van der Waals surface area (Å²) in [5.41, 5.74) is 0.459. The predicted octanol–water partition coefficient (Wildman–Crippen LogP) is 2.49. The van der Waals surface area contributed by atoms with Crippen LogP contribution in [0.5, 0.6) is 0 Å². The number of aliphatic hydroxyl groups is 1. The van der Waals surface area contributed by atoms with Gasteiger partial charge >= 0.3 is 0 Å². The van der Waals surface area contributed by atoms with Crippen molar-refractivity contribution in [3.05, 3.63) is 39.9 Å². The topological polar surface area (TPSA) is 72.6 Å². The first-order valence-electron chi connectivity index (χ1n) is 8.63. The van der Waals surface area contributed by atoms with Crippen LogP contribution in [0.1, 0.15) is 32.3 Å². The minimum absolute atomic E-state index is 0.0988. The van der Waals surface area contributed by atoms with E-state index in [1.807, 2.05) is 0 Å². The zero-order chi connectivity index (χ0) is 18.5. The molecule has 6 heteroatoms. The molecule has 1 aromatic rings. The lowest BCUT2D eigenvalue weighted by Gasteiger charge is -2.36. The summed E-state index contributed by atoms with van der Waals surface area (Å²) in [6, 6.07) is 6.69. The molecule has 0 unspecified atom stereocenters. The summed E-state index contributed by atoms with van der Waals surface area (Å²) >= 11 is 0. The van der Waals surface area contributed by atoms with E-state index in [1.165, 1.54) is 12.1 Å². The monoisotopic (exact) mass is 347 g/mol. The first-order chi connectivity index (χ1) is 11.8. The van der Waals surface area contributed by atoms with Gasteiger partial charge in [-0.15, -0.1) is 6.42 Å². The molecule has 1 saturated heterocycles. The van der Waals surface area contributed by atoms with Crippen LogP contribution in [-0.4, -0.2) is 52.5 Å². The van der Waals surface area contributed by atoms with Gasteiger partial charge in [0, 0.05) is 30.5 Å². The van der Waals surface area contributed by atoms with Gasteiger partial charge < -0.3 is 14.3 Å². The second kappa shape index (κ2) is 7.96. The maximum Gasteiger partial charge on any atom is 0.269 e. The van der Waals surface area contributed by atoms with E-state index in [0.29, 0.717) is 6.54 Å². The van der Waals surface area contributed by atoms with Gasteiger partial charge in [0.1, 0.15) is 24.8 Å². The molecule has 1 aliphatic heterocycles. The van der Waals surface area contributed by atoms with Gasteiger partial charge in [0.25, 0.3) is 5.69 Å². The summed E-state index contributed by atoms with van der Waals surface area (Å²) in [7, 11) is 0. The van der Waals surface area contributed by atoms with Crippen molar-refractivity contribution < 1.29 is 19.2 Å². The Bertz CT molecular complexity index is 628. The molecule has 0 radical (unpaired) electrons. The number of nitrogens with zero attached hydrogens (tertiary/aromatic N) is 2. The molecular formula is C19H27N2O4+. The van der Waals surface area contributed by atoms with Crippen molar-refractivity contribution in [2.75, 3.05) is 26.2 Å². The van der Waals surface area contributed by atoms with Crippen molar-refractivity contribution in [1.29, 1.82) is 0 Å². The lowest BCUT2D eigenvalue weighted by Crippen LogP contribution is -2.50. The van der Waals surface area contributed by atoms with Gasteiger partial charge in [-0.3, -0.25) is 10.1 Å². The number of hydrogen-bond acceptors (Lipinski definition) is 4. The van der Waals surface area contributed by atoms with Gasteiger partial charge in [-0.25, -0.2) is 0 Å². The first-order valence-corrected chi connectivity index (χ1v) is 8.63. The number of rotatable bonds is 8. The van der Waals surface area contributed by atoms with E-state index in [9.17, 15) is 15.2 Å². The molecule has 1 atom stereocenters. The van der Waals surface area contributed by atoms with Crippen LogP contribution >= 0.6 is 0 Å². The van der Waals surface area contributed by atoms with Gasteiger partial charge in [-0.1, -0.05) is 5.92 Å². The second-order valence-electron chi connectivity index (χ2n) is 7.38. The molecule has 0 saturated carbocycles. The molecular weight excluding hydrogens is 320 g/mol. The van der Waals surface area contributed by atoms with Gasteiger partial charge in [-0.2, -0.15) is 0 Å². The Hall–Kier alpha value is -1.94. The van der Waals surface area contributed by atoms with Gasteiger partial charge in [0.15, 0.2) is 0 Å². The molecule has 2 rings (SSSR count). The van der Waals surface area contributed by atoms with E-state index in [0.717, 1.165) is 42.5 Å². The number of terminal acetylenes is 1. The Morgan fingerprint density at radius 2 is 1.96 bits per heavy atom. The van der Waals surface area contributed by atoms with Crippen LogP contribution in [0.25, 0.3) is 0 Å². The quantitative estimate of drug-likeness (QED) is 0.339. The summed E-state index contributed by atoms with van der Waals surface area (Å²) in [5, 5.41) is 21.2. The highest BCUT2D eigenvalue weighted by molar-refractivity contribution is 5.32. The number of quaternary nitrogens is 1. The van der Waals surface area contributed by atoms with Crippen LogP contribution in [0, 0.1) is 22.5 Å². The smallest absolute Gasteiger partial charge is 0.269 e. The average molecular weight is 347 g/mol. The fraction of sp³-hybridized carbons (Fsp3) is 0.579. The number of non-ortho nitro benzene ring substituents is 1. The maximum atomic E-state index is 10.8. The third kappa shape index (κ3) is 5.53.